The highest BCUT2D eigenvalue weighted by Gasteiger charge is 2.30. The highest BCUT2D eigenvalue weighted by molar-refractivity contribution is 5.15. The van der Waals surface area contributed by atoms with Crippen LogP contribution in [0, 0.1) is 5.82 Å². The van der Waals surface area contributed by atoms with Crippen molar-refractivity contribution in [2.75, 3.05) is 19.8 Å². The first-order valence-corrected chi connectivity index (χ1v) is 10.7. The van der Waals surface area contributed by atoms with Gasteiger partial charge in [0.2, 0.25) is 0 Å². The molecule has 0 aliphatic carbocycles. The molecule has 2 rings (SSSR count). The van der Waals surface area contributed by atoms with Gasteiger partial charge in [-0.2, -0.15) is 0 Å². The van der Waals surface area contributed by atoms with Crippen molar-refractivity contribution in [3.63, 3.8) is 0 Å². The topological polar surface area (TPSA) is 67.5 Å². The molecule has 154 valence electrons. The van der Waals surface area contributed by atoms with Gasteiger partial charge in [-0.05, 0) is 37.0 Å². The molecule has 0 amide bonds. The predicted octanol–water partition coefficient (Wildman–Crippen LogP) is 3.56. The second-order valence-electron chi connectivity index (χ2n) is 7.78. The number of unbranched alkanes of at least 4 members (excludes halogenated alkanes) is 7. The molecule has 5 heteroatoms. The van der Waals surface area contributed by atoms with E-state index in [0.29, 0.717) is 6.61 Å². The summed E-state index contributed by atoms with van der Waals surface area (Å²) in [5.41, 5.74) is 6.93. The Morgan fingerprint density at radius 2 is 1.59 bits per heavy atom. The molecule has 1 heterocycles. The molecule has 4 N–H and O–H groups in total. The minimum absolute atomic E-state index is 0.0955. The van der Waals surface area contributed by atoms with Gasteiger partial charge in [-0.3, -0.25) is 0 Å². The van der Waals surface area contributed by atoms with Gasteiger partial charge in [-0.25, -0.2) is 4.39 Å². The zero-order valence-corrected chi connectivity index (χ0v) is 16.5. The normalized spacial score (nSPS) is 22.4. The number of rotatable bonds is 14. The SMILES string of the molecule is N[C@H]1CN[C@H](CCCCCCCCCCOCCc2ccc(F)cc2)[C@H]1O. The van der Waals surface area contributed by atoms with E-state index in [1.807, 2.05) is 12.1 Å². The number of halogens is 1. The molecule has 0 aromatic heterocycles. The molecule has 3 atom stereocenters. The summed E-state index contributed by atoms with van der Waals surface area (Å²) < 4.78 is 18.5. The van der Waals surface area contributed by atoms with Crippen LogP contribution in [0.1, 0.15) is 63.4 Å². The van der Waals surface area contributed by atoms with Crippen LogP contribution in [-0.2, 0) is 11.2 Å². The van der Waals surface area contributed by atoms with E-state index in [0.717, 1.165) is 38.0 Å². The third kappa shape index (κ3) is 9.15. The standard InChI is InChI=1S/C22H37FN2O2/c23-19-12-10-18(11-13-19)14-16-27-15-8-6-4-2-1-3-5-7-9-21-22(26)20(24)17-25-21/h10-13,20-22,25-26H,1-9,14-17,24H2/t20-,21+,22-/m0/s1. The molecule has 1 saturated heterocycles. The molecular weight excluding hydrogens is 343 g/mol. The van der Waals surface area contributed by atoms with E-state index < -0.39 is 0 Å². The van der Waals surface area contributed by atoms with Gasteiger partial charge in [0.25, 0.3) is 0 Å². The van der Waals surface area contributed by atoms with Crippen molar-refractivity contribution >= 4 is 0 Å². The second-order valence-corrected chi connectivity index (χ2v) is 7.78. The third-order valence-electron chi connectivity index (χ3n) is 5.47. The maximum atomic E-state index is 12.8. The molecule has 0 spiro atoms. The van der Waals surface area contributed by atoms with Crippen LogP contribution in [0.2, 0.25) is 0 Å². The van der Waals surface area contributed by atoms with E-state index in [1.165, 1.54) is 57.1 Å². The summed E-state index contributed by atoms with van der Waals surface area (Å²) in [5.74, 6) is -0.186. The molecule has 0 bridgehead atoms. The molecule has 1 aliphatic heterocycles. The molecule has 0 radical (unpaired) electrons. The molecule has 1 fully saturated rings. The van der Waals surface area contributed by atoms with Crippen LogP contribution < -0.4 is 11.1 Å². The lowest BCUT2D eigenvalue weighted by Crippen LogP contribution is -2.37. The van der Waals surface area contributed by atoms with Crippen LogP contribution in [0.15, 0.2) is 24.3 Å². The number of aliphatic hydroxyl groups excluding tert-OH is 1. The summed E-state index contributed by atoms with van der Waals surface area (Å²) in [5, 5.41) is 13.2. The lowest BCUT2D eigenvalue weighted by molar-refractivity contribution is 0.132. The number of benzene rings is 1. The van der Waals surface area contributed by atoms with Crippen molar-refractivity contribution in [2.24, 2.45) is 5.73 Å². The fourth-order valence-corrected chi connectivity index (χ4v) is 3.67. The molecule has 4 nitrogen and oxygen atoms in total. The van der Waals surface area contributed by atoms with Gasteiger partial charge in [-0.1, -0.05) is 57.1 Å². The van der Waals surface area contributed by atoms with Gasteiger partial charge in [0.05, 0.1) is 12.7 Å². The van der Waals surface area contributed by atoms with Crippen molar-refractivity contribution in [2.45, 2.75) is 82.4 Å². The average molecular weight is 381 g/mol. The van der Waals surface area contributed by atoms with E-state index in [-0.39, 0.29) is 24.0 Å². The fraction of sp³-hybridized carbons (Fsp3) is 0.727. The van der Waals surface area contributed by atoms with E-state index >= 15 is 0 Å². The second kappa shape index (κ2) is 13.2. The van der Waals surface area contributed by atoms with Gasteiger partial charge in [0.1, 0.15) is 5.82 Å². The Morgan fingerprint density at radius 3 is 2.22 bits per heavy atom. The highest BCUT2D eigenvalue weighted by atomic mass is 19.1. The average Bonchev–Trinajstić information content (AvgIpc) is 2.99. The van der Waals surface area contributed by atoms with Crippen molar-refractivity contribution in [1.82, 2.24) is 5.32 Å². The number of ether oxygens (including phenoxy) is 1. The Bertz CT molecular complexity index is 498. The molecule has 27 heavy (non-hydrogen) atoms. The Morgan fingerprint density at radius 1 is 0.963 bits per heavy atom. The number of hydrogen-bond donors (Lipinski definition) is 3. The zero-order valence-electron chi connectivity index (χ0n) is 16.5. The monoisotopic (exact) mass is 380 g/mol. The molecule has 1 aromatic rings. The summed E-state index contributed by atoms with van der Waals surface area (Å²) in [4.78, 5) is 0. The first-order valence-electron chi connectivity index (χ1n) is 10.7. The van der Waals surface area contributed by atoms with Crippen LogP contribution in [0.5, 0.6) is 0 Å². The van der Waals surface area contributed by atoms with Crippen LogP contribution >= 0.6 is 0 Å². The summed E-state index contributed by atoms with van der Waals surface area (Å²) in [6.07, 6.45) is 11.4. The molecule has 1 aliphatic rings. The largest absolute Gasteiger partial charge is 0.390 e. The number of aliphatic hydroxyl groups is 1. The summed E-state index contributed by atoms with van der Waals surface area (Å²) in [6, 6.07) is 6.74. The number of nitrogens with two attached hydrogens (primary N) is 1. The Balaban J connectivity index is 1.30. The third-order valence-corrected chi connectivity index (χ3v) is 5.47. The summed E-state index contributed by atoms with van der Waals surface area (Å²) >= 11 is 0. The van der Waals surface area contributed by atoms with E-state index in [1.54, 1.807) is 0 Å². The van der Waals surface area contributed by atoms with E-state index in [9.17, 15) is 9.50 Å². The smallest absolute Gasteiger partial charge is 0.123 e. The minimum atomic E-state index is -0.372. The molecular formula is C22H37FN2O2. The van der Waals surface area contributed by atoms with Gasteiger partial charge in [0, 0.05) is 25.2 Å². The van der Waals surface area contributed by atoms with E-state index in [4.69, 9.17) is 10.5 Å². The quantitative estimate of drug-likeness (QED) is 0.432. The van der Waals surface area contributed by atoms with Crippen LogP contribution in [0.4, 0.5) is 4.39 Å². The Kier molecular flexibility index (Phi) is 10.9. The zero-order chi connectivity index (χ0) is 19.3. The minimum Gasteiger partial charge on any atom is -0.390 e. The number of nitrogens with one attached hydrogen (secondary N) is 1. The first-order chi connectivity index (χ1) is 13.2. The highest BCUT2D eigenvalue weighted by Crippen LogP contribution is 2.15. The maximum Gasteiger partial charge on any atom is 0.123 e. The first kappa shape index (κ1) is 22.3. The number of hydrogen-bond acceptors (Lipinski definition) is 4. The fourth-order valence-electron chi connectivity index (χ4n) is 3.67. The van der Waals surface area contributed by atoms with Crippen LogP contribution in [0.3, 0.4) is 0 Å². The Labute approximate surface area is 163 Å². The van der Waals surface area contributed by atoms with Gasteiger partial charge < -0.3 is 20.9 Å². The van der Waals surface area contributed by atoms with Gasteiger partial charge >= 0.3 is 0 Å². The molecule has 0 saturated carbocycles. The van der Waals surface area contributed by atoms with Crippen LogP contribution in [-0.4, -0.2) is 43.1 Å². The van der Waals surface area contributed by atoms with Crippen molar-refractivity contribution in [1.29, 1.82) is 0 Å². The van der Waals surface area contributed by atoms with Crippen molar-refractivity contribution in [3.05, 3.63) is 35.6 Å². The molecule has 0 unspecified atom stereocenters. The molecule has 1 aromatic carbocycles. The predicted molar refractivity (Wildman–Crippen MR) is 108 cm³/mol. The van der Waals surface area contributed by atoms with E-state index in [2.05, 4.69) is 5.32 Å². The lowest BCUT2D eigenvalue weighted by atomic mass is 10.0. The van der Waals surface area contributed by atoms with Gasteiger partial charge in [0.15, 0.2) is 0 Å². The maximum absolute atomic E-state index is 12.8. The van der Waals surface area contributed by atoms with Crippen molar-refractivity contribution in [3.8, 4) is 0 Å². The lowest BCUT2D eigenvalue weighted by Gasteiger charge is -2.16. The van der Waals surface area contributed by atoms with Crippen LogP contribution in [0.25, 0.3) is 0 Å². The summed E-state index contributed by atoms with van der Waals surface area (Å²) in [7, 11) is 0. The summed E-state index contributed by atoms with van der Waals surface area (Å²) in [6.45, 7) is 2.27. The van der Waals surface area contributed by atoms with Gasteiger partial charge in [-0.15, -0.1) is 0 Å². The van der Waals surface area contributed by atoms with Crippen molar-refractivity contribution < 1.29 is 14.2 Å². The Hall–Kier alpha value is -1.01.